The lowest BCUT2D eigenvalue weighted by Gasteiger charge is -2.09. The van der Waals surface area contributed by atoms with Gasteiger partial charge in [0.2, 0.25) is 5.95 Å². The quantitative estimate of drug-likeness (QED) is 0.728. The summed E-state index contributed by atoms with van der Waals surface area (Å²) < 4.78 is 2.00. The molecule has 0 aliphatic carbocycles. The highest BCUT2D eigenvalue weighted by atomic mass is 35.5. The largest absolute Gasteiger partial charge is 0.352 e. The van der Waals surface area contributed by atoms with E-state index in [4.69, 9.17) is 23.2 Å². The minimum atomic E-state index is 0.541. The molecule has 3 aromatic rings. The van der Waals surface area contributed by atoms with Crippen molar-refractivity contribution >= 4 is 29.2 Å². The van der Waals surface area contributed by atoms with Gasteiger partial charge < -0.3 is 9.88 Å². The monoisotopic (exact) mass is 331 g/mol. The molecule has 0 fully saturated rings. The van der Waals surface area contributed by atoms with Crippen molar-refractivity contribution in [3.05, 3.63) is 70.3 Å². The predicted octanol–water partition coefficient (Wildman–Crippen LogP) is 5.01. The Morgan fingerprint density at radius 3 is 2.55 bits per heavy atom. The normalized spacial score (nSPS) is 10.7. The van der Waals surface area contributed by atoms with Gasteiger partial charge >= 0.3 is 0 Å². The molecule has 0 saturated heterocycles. The van der Waals surface area contributed by atoms with E-state index < -0.39 is 0 Å². The van der Waals surface area contributed by atoms with Gasteiger partial charge in [-0.15, -0.1) is 0 Å². The molecule has 3 nitrogen and oxygen atoms in total. The highest BCUT2D eigenvalue weighted by molar-refractivity contribution is 6.42. The van der Waals surface area contributed by atoms with Crippen molar-refractivity contribution in [3.63, 3.8) is 0 Å². The maximum absolute atomic E-state index is 6.09. The average molecular weight is 332 g/mol. The Balaban J connectivity index is 1.81. The first-order chi connectivity index (χ1) is 10.6. The molecule has 0 aliphatic rings. The molecule has 1 heterocycles. The molecule has 0 atom stereocenters. The SMILES string of the molecule is Cn1c(-c2ccc(Cl)c(Cl)c2)cnc1NCc1ccccc1. The van der Waals surface area contributed by atoms with Crippen molar-refractivity contribution in [2.75, 3.05) is 5.32 Å². The van der Waals surface area contributed by atoms with Crippen molar-refractivity contribution in [1.29, 1.82) is 0 Å². The van der Waals surface area contributed by atoms with Gasteiger partial charge in [0.1, 0.15) is 0 Å². The number of anilines is 1. The molecule has 5 heteroatoms. The summed E-state index contributed by atoms with van der Waals surface area (Å²) in [6.45, 7) is 0.729. The number of hydrogen-bond donors (Lipinski definition) is 1. The van der Waals surface area contributed by atoms with E-state index in [0.717, 1.165) is 23.8 Å². The zero-order chi connectivity index (χ0) is 15.5. The Morgan fingerprint density at radius 2 is 1.82 bits per heavy atom. The Bertz CT molecular complexity index is 782. The van der Waals surface area contributed by atoms with Gasteiger partial charge in [0.05, 0.1) is 21.9 Å². The maximum Gasteiger partial charge on any atom is 0.203 e. The fourth-order valence-corrected chi connectivity index (χ4v) is 2.57. The van der Waals surface area contributed by atoms with Crippen LogP contribution in [-0.2, 0) is 13.6 Å². The lowest BCUT2D eigenvalue weighted by Crippen LogP contribution is -2.05. The molecule has 112 valence electrons. The lowest BCUT2D eigenvalue weighted by atomic mass is 10.2. The summed E-state index contributed by atoms with van der Waals surface area (Å²) in [7, 11) is 1.97. The summed E-state index contributed by atoms with van der Waals surface area (Å²) in [5.41, 5.74) is 3.17. The summed E-state index contributed by atoms with van der Waals surface area (Å²) in [6.07, 6.45) is 1.83. The number of imidazole rings is 1. The fourth-order valence-electron chi connectivity index (χ4n) is 2.27. The van der Waals surface area contributed by atoms with Crippen LogP contribution in [0.1, 0.15) is 5.56 Å². The third-order valence-corrected chi connectivity index (χ3v) is 4.24. The topological polar surface area (TPSA) is 29.9 Å². The molecular formula is C17H15Cl2N3. The molecular weight excluding hydrogens is 317 g/mol. The van der Waals surface area contributed by atoms with E-state index in [1.54, 1.807) is 6.07 Å². The lowest BCUT2D eigenvalue weighted by molar-refractivity contribution is 0.907. The van der Waals surface area contributed by atoms with Gasteiger partial charge in [-0.25, -0.2) is 4.98 Å². The molecule has 2 aromatic carbocycles. The van der Waals surface area contributed by atoms with Crippen LogP contribution in [0.25, 0.3) is 11.3 Å². The molecule has 0 saturated carbocycles. The van der Waals surface area contributed by atoms with Gasteiger partial charge in [-0.05, 0) is 17.7 Å². The van der Waals surface area contributed by atoms with Gasteiger partial charge in [-0.2, -0.15) is 0 Å². The molecule has 3 rings (SSSR count). The van der Waals surface area contributed by atoms with E-state index in [2.05, 4.69) is 22.4 Å². The zero-order valence-corrected chi connectivity index (χ0v) is 13.6. The molecule has 0 amide bonds. The van der Waals surface area contributed by atoms with E-state index >= 15 is 0 Å². The molecule has 1 N–H and O–H groups in total. The highest BCUT2D eigenvalue weighted by Crippen LogP contribution is 2.29. The number of benzene rings is 2. The smallest absolute Gasteiger partial charge is 0.203 e. The van der Waals surface area contributed by atoms with E-state index in [1.165, 1.54) is 5.56 Å². The van der Waals surface area contributed by atoms with Gasteiger partial charge in [0, 0.05) is 19.2 Å². The first kappa shape index (κ1) is 14.9. The number of aromatic nitrogens is 2. The van der Waals surface area contributed by atoms with Crippen LogP contribution in [0.4, 0.5) is 5.95 Å². The first-order valence-electron chi connectivity index (χ1n) is 6.90. The fraction of sp³-hybridized carbons (Fsp3) is 0.118. The minimum Gasteiger partial charge on any atom is -0.352 e. The second-order valence-electron chi connectivity index (χ2n) is 4.99. The Kier molecular flexibility index (Phi) is 4.36. The molecule has 0 aliphatic heterocycles. The average Bonchev–Trinajstić information content (AvgIpc) is 2.90. The molecule has 0 spiro atoms. The summed E-state index contributed by atoms with van der Waals surface area (Å²) in [5, 5.41) is 4.43. The van der Waals surface area contributed by atoms with Gasteiger partial charge in [0.15, 0.2) is 0 Å². The van der Waals surface area contributed by atoms with Crippen LogP contribution in [0.15, 0.2) is 54.7 Å². The van der Waals surface area contributed by atoms with Crippen molar-refractivity contribution in [3.8, 4) is 11.3 Å². The number of halogens is 2. The van der Waals surface area contributed by atoms with E-state index in [0.29, 0.717) is 10.0 Å². The van der Waals surface area contributed by atoms with E-state index in [9.17, 15) is 0 Å². The summed E-state index contributed by atoms with van der Waals surface area (Å²) in [4.78, 5) is 4.44. The third kappa shape index (κ3) is 3.11. The van der Waals surface area contributed by atoms with Crippen LogP contribution in [0.5, 0.6) is 0 Å². The van der Waals surface area contributed by atoms with Crippen LogP contribution in [0.3, 0.4) is 0 Å². The summed E-state index contributed by atoms with van der Waals surface area (Å²) in [5.74, 6) is 0.810. The van der Waals surface area contributed by atoms with Gasteiger partial charge in [0.25, 0.3) is 0 Å². The minimum absolute atomic E-state index is 0.541. The van der Waals surface area contributed by atoms with E-state index in [-0.39, 0.29) is 0 Å². The van der Waals surface area contributed by atoms with Crippen molar-refractivity contribution in [2.45, 2.75) is 6.54 Å². The first-order valence-corrected chi connectivity index (χ1v) is 7.65. The Hall–Kier alpha value is -1.97. The molecule has 1 aromatic heterocycles. The molecule has 22 heavy (non-hydrogen) atoms. The molecule has 0 radical (unpaired) electrons. The molecule has 0 bridgehead atoms. The number of hydrogen-bond acceptors (Lipinski definition) is 2. The van der Waals surface area contributed by atoms with Crippen molar-refractivity contribution < 1.29 is 0 Å². The zero-order valence-electron chi connectivity index (χ0n) is 12.1. The standard InChI is InChI=1S/C17H15Cl2N3/c1-22-16(13-7-8-14(18)15(19)9-13)11-21-17(22)20-10-12-5-3-2-4-6-12/h2-9,11H,10H2,1H3,(H,20,21). The number of nitrogens with one attached hydrogen (secondary N) is 1. The predicted molar refractivity (Wildman–Crippen MR) is 92.4 cm³/mol. The maximum atomic E-state index is 6.09. The van der Waals surface area contributed by atoms with Crippen molar-refractivity contribution in [1.82, 2.24) is 9.55 Å². The van der Waals surface area contributed by atoms with Crippen LogP contribution < -0.4 is 5.32 Å². The van der Waals surface area contributed by atoms with Crippen LogP contribution in [-0.4, -0.2) is 9.55 Å². The van der Waals surface area contributed by atoms with Gasteiger partial charge in [-0.1, -0.05) is 59.6 Å². The Labute approximate surface area is 139 Å². The third-order valence-electron chi connectivity index (χ3n) is 3.50. The van der Waals surface area contributed by atoms with Crippen LogP contribution in [0, 0.1) is 0 Å². The van der Waals surface area contributed by atoms with Gasteiger partial charge in [-0.3, -0.25) is 0 Å². The second-order valence-corrected chi connectivity index (χ2v) is 5.81. The Morgan fingerprint density at radius 1 is 1.05 bits per heavy atom. The molecule has 0 unspecified atom stereocenters. The van der Waals surface area contributed by atoms with E-state index in [1.807, 2.05) is 48.1 Å². The highest BCUT2D eigenvalue weighted by Gasteiger charge is 2.09. The van der Waals surface area contributed by atoms with Crippen molar-refractivity contribution in [2.24, 2.45) is 7.05 Å². The summed E-state index contributed by atoms with van der Waals surface area (Å²) >= 11 is 12.1. The van der Waals surface area contributed by atoms with Crippen LogP contribution >= 0.6 is 23.2 Å². The number of rotatable bonds is 4. The summed E-state index contributed by atoms with van der Waals surface area (Å²) in [6, 6.07) is 15.8. The second kappa shape index (κ2) is 6.42. The van der Waals surface area contributed by atoms with Crippen LogP contribution in [0.2, 0.25) is 10.0 Å². The number of nitrogens with zero attached hydrogens (tertiary/aromatic N) is 2.